The number of hydrogen-bond donors (Lipinski definition) is 3. The second-order valence-electron chi connectivity index (χ2n) is 5.93. The van der Waals surface area contributed by atoms with E-state index in [4.69, 9.17) is 9.47 Å². The molecule has 0 heterocycles. The molecule has 1 amide bonds. The summed E-state index contributed by atoms with van der Waals surface area (Å²) in [5.41, 5.74) is 2.01. The van der Waals surface area contributed by atoms with Crippen molar-refractivity contribution in [1.82, 2.24) is 0 Å². The SMILES string of the molecule is CO[C@H](CCO)[C@H](OC(=O)Nc1ccc(C)cc1)c1cc(Br)cc(Br)c1O. The van der Waals surface area contributed by atoms with E-state index in [9.17, 15) is 15.0 Å². The van der Waals surface area contributed by atoms with Crippen molar-refractivity contribution in [3.63, 3.8) is 0 Å². The van der Waals surface area contributed by atoms with Gasteiger partial charge in [0.05, 0.1) is 4.47 Å². The molecule has 8 heteroatoms. The zero-order valence-electron chi connectivity index (χ0n) is 14.9. The lowest BCUT2D eigenvalue weighted by atomic mass is 10.0. The van der Waals surface area contributed by atoms with Crippen LogP contribution in [0.2, 0.25) is 0 Å². The molecule has 0 fully saturated rings. The van der Waals surface area contributed by atoms with Crippen LogP contribution in [-0.2, 0) is 9.47 Å². The van der Waals surface area contributed by atoms with Crippen LogP contribution in [-0.4, -0.2) is 36.1 Å². The molecule has 146 valence electrons. The molecule has 0 aliphatic heterocycles. The first-order valence-corrected chi connectivity index (χ1v) is 9.80. The molecule has 0 saturated heterocycles. The lowest BCUT2D eigenvalue weighted by molar-refractivity contribution is -0.0314. The predicted molar refractivity (Wildman–Crippen MR) is 110 cm³/mol. The number of amides is 1. The summed E-state index contributed by atoms with van der Waals surface area (Å²) >= 11 is 6.64. The number of hydrogen-bond acceptors (Lipinski definition) is 5. The number of carbonyl (C=O) groups excluding carboxylic acids is 1. The van der Waals surface area contributed by atoms with Gasteiger partial charge in [0.25, 0.3) is 0 Å². The number of benzene rings is 2. The smallest absolute Gasteiger partial charge is 0.412 e. The van der Waals surface area contributed by atoms with E-state index < -0.39 is 18.3 Å². The summed E-state index contributed by atoms with van der Waals surface area (Å²) in [6.45, 7) is 1.79. The Balaban J connectivity index is 2.30. The molecular weight excluding hydrogens is 482 g/mol. The van der Waals surface area contributed by atoms with Gasteiger partial charge in [0.15, 0.2) is 6.10 Å². The molecule has 0 aliphatic carbocycles. The number of aliphatic hydroxyl groups excluding tert-OH is 1. The summed E-state index contributed by atoms with van der Waals surface area (Å²) in [5.74, 6) is -0.0636. The van der Waals surface area contributed by atoms with E-state index in [1.807, 2.05) is 19.1 Å². The normalized spacial score (nSPS) is 13.1. The van der Waals surface area contributed by atoms with Crippen molar-refractivity contribution in [2.45, 2.75) is 25.6 Å². The van der Waals surface area contributed by atoms with Gasteiger partial charge < -0.3 is 19.7 Å². The fourth-order valence-electron chi connectivity index (χ4n) is 2.56. The molecule has 2 rings (SSSR count). The summed E-state index contributed by atoms with van der Waals surface area (Å²) in [6, 6.07) is 10.6. The molecule has 3 N–H and O–H groups in total. The third-order valence-corrected chi connectivity index (χ3v) is 5.01. The molecule has 0 bridgehead atoms. The van der Waals surface area contributed by atoms with Gasteiger partial charge in [-0.3, -0.25) is 5.32 Å². The first-order valence-electron chi connectivity index (χ1n) is 8.21. The average molecular weight is 503 g/mol. The van der Waals surface area contributed by atoms with Crippen LogP contribution < -0.4 is 5.32 Å². The monoisotopic (exact) mass is 501 g/mol. The van der Waals surface area contributed by atoms with E-state index in [0.29, 0.717) is 20.2 Å². The van der Waals surface area contributed by atoms with Gasteiger partial charge in [-0.25, -0.2) is 4.79 Å². The van der Waals surface area contributed by atoms with Crippen molar-refractivity contribution >= 4 is 43.6 Å². The van der Waals surface area contributed by atoms with E-state index >= 15 is 0 Å². The van der Waals surface area contributed by atoms with Crippen LogP contribution in [0.1, 0.15) is 23.7 Å². The van der Waals surface area contributed by atoms with Crippen molar-refractivity contribution in [1.29, 1.82) is 0 Å². The molecule has 0 aromatic heterocycles. The lowest BCUT2D eigenvalue weighted by Crippen LogP contribution is -2.29. The number of halogens is 2. The Bertz CT molecular complexity index is 782. The highest BCUT2D eigenvalue weighted by Crippen LogP contribution is 2.39. The second kappa shape index (κ2) is 10.1. The highest BCUT2D eigenvalue weighted by molar-refractivity contribution is 9.11. The summed E-state index contributed by atoms with van der Waals surface area (Å²) < 4.78 is 12.1. The molecular formula is C19H21Br2NO5. The van der Waals surface area contributed by atoms with E-state index in [1.165, 1.54) is 7.11 Å². The van der Waals surface area contributed by atoms with Gasteiger partial charge in [-0.2, -0.15) is 0 Å². The maximum absolute atomic E-state index is 12.4. The molecule has 6 nitrogen and oxygen atoms in total. The van der Waals surface area contributed by atoms with Gasteiger partial charge >= 0.3 is 6.09 Å². The highest BCUT2D eigenvalue weighted by atomic mass is 79.9. The molecule has 2 atom stereocenters. The first kappa shape index (κ1) is 21.7. The van der Waals surface area contributed by atoms with Gasteiger partial charge in [-0.15, -0.1) is 0 Å². The second-order valence-corrected chi connectivity index (χ2v) is 7.70. The minimum Gasteiger partial charge on any atom is -0.506 e. The Morgan fingerprint density at radius 2 is 1.89 bits per heavy atom. The van der Waals surface area contributed by atoms with Crippen LogP contribution in [0.3, 0.4) is 0 Å². The number of phenolic OH excluding ortho intramolecular Hbond substituents is 1. The number of rotatable bonds is 7. The minimum absolute atomic E-state index is 0.0636. The number of aryl methyl sites for hydroxylation is 1. The number of ether oxygens (including phenoxy) is 2. The molecule has 0 unspecified atom stereocenters. The summed E-state index contributed by atoms with van der Waals surface area (Å²) in [6.07, 6.45) is -2.05. The number of methoxy groups -OCH3 is 1. The van der Waals surface area contributed by atoms with Crippen LogP contribution >= 0.6 is 31.9 Å². The fraction of sp³-hybridized carbons (Fsp3) is 0.316. The topological polar surface area (TPSA) is 88.0 Å². The fourth-order valence-corrected chi connectivity index (χ4v) is 3.82. The number of aliphatic hydroxyl groups is 1. The molecule has 0 radical (unpaired) electrons. The Hall–Kier alpha value is -1.61. The Morgan fingerprint density at radius 1 is 1.22 bits per heavy atom. The Kier molecular flexibility index (Phi) is 8.09. The number of nitrogens with one attached hydrogen (secondary N) is 1. The van der Waals surface area contributed by atoms with Gasteiger partial charge in [0, 0.05) is 35.9 Å². The number of anilines is 1. The molecule has 2 aromatic rings. The largest absolute Gasteiger partial charge is 0.506 e. The minimum atomic E-state index is -0.929. The molecule has 0 aliphatic rings. The van der Waals surface area contributed by atoms with Crippen LogP contribution in [0.15, 0.2) is 45.3 Å². The summed E-state index contributed by atoms with van der Waals surface area (Å²) in [5, 5.41) is 22.4. The summed E-state index contributed by atoms with van der Waals surface area (Å²) in [7, 11) is 1.46. The number of aromatic hydroxyl groups is 1. The van der Waals surface area contributed by atoms with E-state index in [0.717, 1.165) is 5.56 Å². The van der Waals surface area contributed by atoms with E-state index in [1.54, 1.807) is 24.3 Å². The maximum atomic E-state index is 12.4. The standard InChI is InChI=1S/C19H21Br2NO5/c1-11-3-5-13(6-4-11)22-19(25)27-18(16(26-2)7-8-23)14-9-12(20)10-15(21)17(14)24/h3-6,9-10,16,18,23-24H,7-8H2,1-2H3,(H,22,25)/t16-,18-/m1/s1. The quantitative estimate of drug-likeness (QED) is 0.500. The maximum Gasteiger partial charge on any atom is 0.412 e. The first-order chi connectivity index (χ1) is 12.8. The van der Waals surface area contributed by atoms with Crippen LogP contribution in [0.5, 0.6) is 5.75 Å². The number of carbonyl (C=O) groups is 1. The van der Waals surface area contributed by atoms with Crippen LogP contribution in [0, 0.1) is 6.92 Å². The zero-order chi connectivity index (χ0) is 20.0. The van der Waals surface area contributed by atoms with E-state index in [-0.39, 0.29) is 18.8 Å². The molecule has 0 spiro atoms. The third kappa shape index (κ3) is 5.93. The van der Waals surface area contributed by atoms with E-state index in [2.05, 4.69) is 37.2 Å². The van der Waals surface area contributed by atoms with Crippen molar-refractivity contribution in [2.24, 2.45) is 0 Å². The van der Waals surface area contributed by atoms with Crippen molar-refractivity contribution < 1.29 is 24.5 Å². The van der Waals surface area contributed by atoms with Gasteiger partial charge in [-0.1, -0.05) is 33.6 Å². The Morgan fingerprint density at radius 3 is 2.48 bits per heavy atom. The van der Waals surface area contributed by atoms with Crippen molar-refractivity contribution in [3.05, 3.63) is 56.5 Å². The molecule has 2 aromatic carbocycles. The summed E-state index contributed by atoms with van der Waals surface area (Å²) in [4.78, 5) is 12.4. The van der Waals surface area contributed by atoms with Crippen LogP contribution in [0.4, 0.5) is 10.5 Å². The zero-order valence-corrected chi connectivity index (χ0v) is 18.1. The van der Waals surface area contributed by atoms with Crippen molar-refractivity contribution in [2.75, 3.05) is 19.0 Å². The van der Waals surface area contributed by atoms with Gasteiger partial charge in [-0.05, 0) is 47.1 Å². The van der Waals surface area contributed by atoms with Crippen LogP contribution in [0.25, 0.3) is 0 Å². The Labute approximate surface area is 174 Å². The van der Waals surface area contributed by atoms with Crippen molar-refractivity contribution in [3.8, 4) is 5.75 Å². The third-order valence-electron chi connectivity index (χ3n) is 3.95. The number of phenols is 1. The van der Waals surface area contributed by atoms with Gasteiger partial charge in [0.2, 0.25) is 0 Å². The average Bonchev–Trinajstić information content (AvgIpc) is 2.63. The highest BCUT2D eigenvalue weighted by Gasteiger charge is 2.30. The van der Waals surface area contributed by atoms with Gasteiger partial charge in [0.1, 0.15) is 11.9 Å². The predicted octanol–water partition coefficient (Wildman–Crippen LogP) is 4.91. The lowest BCUT2D eigenvalue weighted by Gasteiger charge is -2.27. The molecule has 27 heavy (non-hydrogen) atoms. The molecule has 0 saturated carbocycles.